The zero-order chi connectivity index (χ0) is 17.0. The third kappa shape index (κ3) is 4.82. The van der Waals surface area contributed by atoms with Gasteiger partial charge in [0.2, 0.25) is 5.88 Å². The summed E-state index contributed by atoms with van der Waals surface area (Å²) in [5.41, 5.74) is 0.260. The van der Waals surface area contributed by atoms with Crippen molar-refractivity contribution in [2.75, 3.05) is 13.2 Å². The first-order chi connectivity index (χ1) is 10.9. The summed E-state index contributed by atoms with van der Waals surface area (Å²) < 4.78 is 5.53. The first kappa shape index (κ1) is 17.5. The van der Waals surface area contributed by atoms with Crippen LogP contribution in [-0.4, -0.2) is 46.1 Å². The summed E-state index contributed by atoms with van der Waals surface area (Å²) in [5, 5.41) is 9.26. The molecule has 0 spiro atoms. The molecule has 1 saturated carbocycles. The van der Waals surface area contributed by atoms with E-state index in [4.69, 9.17) is 21.4 Å². The van der Waals surface area contributed by atoms with Crippen LogP contribution in [0.2, 0.25) is 5.02 Å². The van der Waals surface area contributed by atoms with Crippen LogP contribution in [0.5, 0.6) is 5.88 Å². The van der Waals surface area contributed by atoms with Crippen LogP contribution >= 0.6 is 11.6 Å². The minimum Gasteiger partial charge on any atom is -0.480 e. The third-order valence-electron chi connectivity index (χ3n) is 3.90. The van der Waals surface area contributed by atoms with E-state index in [9.17, 15) is 9.59 Å². The van der Waals surface area contributed by atoms with Gasteiger partial charge in [-0.05, 0) is 38.2 Å². The zero-order valence-electron chi connectivity index (χ0n) is 13.3. The molecule has 126 valence electrons. The summed E-state index contributed by atoms with van der Waals surface area (Å²) in [6.07, 6.45) is 4.36. The molecule has 1 aliphatic carbocycles. The molecule has 1 aromatic rings. The maximum absolute atomic E-state index is 12.5. The number of rotatable bonds is 8. The number of carboxylic acid groups (broad SMARTS) is 1. The SMILES string of the molecule is CCC(C)N(CC(=O)O)C(=O)c1cnc(OCC2CC2)c(Cl)c1. The van der Waals surface area contributed by atoms with E-state index in [1.54, 1.807) is 0 Å². The van der Waals surface area contributed by atoms with Crippen molar-refractivity contribution < 1.29 is 19.4 Å². The van der Waals surface area contributed by atoms with E-state index in [0.717, 1.165) is 12.8 Å². The minimum absolute atomic E-state index is 0.192. The van der Waals surface area contributed by atoms with Crippen LogP contribution in [0.15, 0.2) is 12.3 Å². The number of carboxylic acids is 1. The second-order valence-corrected chi connectivity index (χ2v) is 6.26. The Morgan fingerprint density at radius 1 is 1.52 bits per heavy atom. The molecule has 0 bridgehead atoms. The summed E-state index contributed by atoms with van der Waals surface area (Å²) >= 11 is 6.13. The lowest BCUT2D eigenvalue weighted by atomic mass is 10.1. The Labute approximate surface area is 140 Å². The van der Waals surface area contributed by atoms with Crippen molar-refractivity contribution >= 4 is 23.5 Å². The molecule has 1 fully saturated rings. The maximum Gasteiger partial charge on any atom is 0.323 e. The molecule has 0 radical (unpaired) electrons. The first-order valence-electron chi connectivity index (χ1n) is 7.73. The second kappa shape index (κ2) is 7.64. The average molecular weight is 341 g/mol. The van der Waals surface area contributed by atoms with Gasteiger partial charge in [0.15, 0.2) is 0 Å². The van der Waals surface area contributed by atoms with Gasteiger partial charge >= 0.3 is 5.97 Å². The van der Waals surface area contributed by atoms with Crippen LogP contribution in [0.25, 0.3) is 0 Å². The van der Waals surface area contributed by atoms with E-state index in [0.29, 0.717) is 24.8 Å². The lowest BCUT2D eigenvalue weighted by Crippen LogP contribution is -2.41. The fraction of sp³-hybridized carbons (Fsp3) is 0.562. The number of hydrogen-bond donors (Lipinski definition) is 1. The highest BCUT2D eigenvalue weighted by atomic mass is 35.5. The zero-order valence-corrected chi connectivity index (χ0v) is 14.0. The van der Waals surface area contributed by atoms with Crippen LogP contribution < -0.4 is 4.74 Å². The van der Waals surface area contributed by atoms with E-state index >= 15 is 0 Å². The number of hydrogen-bond acceptors (Lipinski definition) is 4. The molecule has 0 aromatic carbocycles. The molecule has 7 heteroatoms. The number of pyridine rings is 1. The van der Waals surface area contributed by atoms with Gasteiger partial charge in [-0.1, -0.05) is 18.5 Å². The van der Waals surface area contributed by atoms with Gasteiger partial charge in [-0.15, -0.1) is 0 Å². The van der Waals surface area contributed by atoms with Crippen molar-refractivity contribution in [2.24, 2.45) is 5.92 Å². The number of aromatic nitrogens is 1. The standard InChI is InChI=1S/C16H21ClN2O4/c1-3-10(2)19(8-14(20)21)16(22)12-6-13(17)15(18-7-12)23-9-11-4-5-11/h6-7,10-11H,3-5,8-9H2,1-2H3,(H,20,21). The summed E-state index contributed by atoms with van der Waals surface area (Å²) in [6.45, 7) is 3.93. The number of carbonyl (C=O) groups excluding carboxylic acids is 1. The lowest BCUT2D eigenvalue weighted by molar-refractivity contribution is -0.138. The molecule has 1 N–H and O–H groups in total. The van der Waals surface area contributed by atoms with Crippen LogP contribution in [0.4, 0.5) is 0 Å². The summed E-state index contributed by atoms with van der Waals surface area (Å²) in [6, 6.07) is 1.29. The van der Waals surface area contributed by atoms with E-state index < -0.39 is 11.9 Å². The molecular formula is C16H21ClN2O4. The van der Waals surface area contributed by atoms with Crippen molar-refractivity contribution in [3.8, 4) is 5.88 Å². The maximum atomic E-state index is 12.5. The average Bonchev–Trinajstić information content (AvgIpc) is 3.34. The monoisotopic (exact) mass is 340 g/mol. The number of halogens is 1. The van der Waals surface area contributed by atoms with Crippen LogP contribution in [0, 0.1) is 5.92 Å². The van der Waals surface area contributed by atoms with E-state index in [-0.39, 0.29) is 23.2 Å². The van der Waals surface area contributed by atoms with Gasteiger partial charge in [-0.2, -0.15) is 0 Å². The van der Waals surface area contributed by atoms with Crippen molar-refractivity contribution in [1.82, 2.24) is 9.88 Å². The third-order valence-corrected chi connectivity index (χ3v) is 4.17. The predicted molar refractivity (Wildman–Crippen MR) is 85.9 cm³/mol. The molecule has 1 aliphatic rings. The predicted octanol–water partition coefficient (Wildman–Crippen LogP) is 2.85. The number of ether oxygens (including phenoxy) is 1. The molecule has 1 aromatic heterocycles. The topological polar surface area (TPSA) is 79.7 Å². The lowest BCUT2D eigenvalue weighted by Gasteiger charge is -2.27. The summed E-state index contributed by atoms with van der Waals surface area (Å²) in [4.78, 5) is 28.9. The Morgan fingerprint density at radius 2 is 2.22 bits per heavy atom. The van der Waals surface area contributed by atoms with Crippen molar-refractivity contribution in [3.05, 3.63) is 22.8 Å². The van der Waals surface area contributed by atoms with Gasteiger partial charge in [0.25, 0.3) is 5.91 Å². The van der Waals surface area contributed by atoms with Crippen LogP contribution in [-0.2, 0) is 4.79 Å². The molecule has 23 heavy (non-hydrogen) atoms. The number of carbonyl (C=O) groups is 2. The first-order valence-corrected chi connectivity index (χ1v) is 8.11. The molecule has 1 atom stereocenters. The van der Waals surface area contributed by atoms with E-state index in [1.165, 1.54) is 17.2 Å². The highest BCUT2D eigenvalue weighted by molar-refractivity contribution is 6.32. The van der Waals surface area contributed by atoms with E-state index in [1.807, 2.05) is 13.8 Å². The normalized spacial score (nSPS) is 15.1. The number of nitrogens with zero attached hydrogens (tertiary/aromatic N) is 2. The van der Waals surface area contributed by atoms with Crippen molar-refractivity contribution in [2.45, 2.75) is 39.2 Å². The summed E-state index contributed by atoms with van der Waals surface area (Å²) in [7, 11) is 0. The van der Waals surface area contributed by atoms with Crippen LogP contribution in [0.1, 0.15) is 43.5 Å². The molecule has 0 saturated heterocycles. The van der Waals surface area contributed by atoms with Gasteiger partial charge in [-0.3, -0.25) is 9.59 Å². The number of aliphatic carboxylic acids is 1. The van der Waals surface area contributed by atoms with Gasteiger partial charge in [0.05, 0.1) is 12.2 Å². The molecule has 1 heterocycles. The highest BCUT2D eigenvalue weighted by Gasteiger charge is 2.25. The Balaban J connectivity index is 2.12. The van der Waals surface area contributed by atoms with Gasteiger partial charge in [0, 0.05) is 12.2 Å². The molecule has 2 rings (SSSR count). The highest BCUT2D eigenvalue weighted by Crippen LogP contribution is 2.31. The minimum atomic E-state index is -1.05. The Hall–Kier alpha value is -1.82. The smallest absolute Gasteiger partial charge is 0.323 e. The van der Waals surface area contributed by atoms with Crippen molar-refractivity contribution in [1.29, 1.82) is 0 Å². The fourth-order valence-electron chi connectivity index (χ4n) is 2.09. The summed E-state index contributed by atoms with van der Waals surface area (Å²) in [5.74, 6) is -0.568. The van der Waals surface area contributed by atoms with Gasteiger partial charge < -0.3 is 14.7 Å². The molecule has 1 unspecified atom stereocenters. The van der Waals surface area contributed by atoms with Crippen LogP contribution in [0.3, 0.4) is 0 Å². The molecule has 6 nitrogen and oxygen atoms in total. The number of amides is 1. The van der Waals surface area contributed by atoms with E-state index in [2.05, 4.69) is 4.98 Å². The second-order valence-electron chi connectivity index (χ2n) is 5.85. The Morgan fingerprint density at radius 3 is 2.74 bits per heavy atom. The molecule has 1 amide bonds. The van der Waals surface area contributed by atoms with Gasteiger partial charge in [-0.25, -0.2) is 4.98 Å². The van der Waals surface area contributed by atoms with Crippen molar-refractivity contribution in [3.63, 3.8) is 0 Å². The largest absolute Gasteiger partial charge is 0.480 e. The fourth-order valence-corrected chi connectivity index (χ4v) is 2.31. The Bertz CT molecular complexity index is 589. The van der Waals surface area contributed by atoms with Gasteiger partial charge in [0.1, 0.15) is 11.6 Å². The quantitative estimate of drug-likeness (QED) is 0.787. The molecule has 0 aliphatic heterocycles. The molecular weight excluding hydrogens is 320 g/mol. The Kier molecular flexibility index (Phi) is 5.82.